The molecule has 0 spiro atoms. The highest BCUT2D eigenvalue weighted by molar-refractivity contribution is 5.85. The van der Waals surface area contributed by atoms with Gasteiger partial charge in [-0.25, -0.2) is 4.98 Å². The van der Waals surface area contributed by atoms with Crippen molar-refractivity contribution in [3.8, 4) is 0 Å². The lowest BCUT2D eigenvalue weighted by Crippen LogP contribution is -2.35. The van der Waals surface area contributed by atoms with Gasteiger partial charge in [0.1, 0.15) is 5.82 Å². The maximum Gasteiger partial charge on any atom is 0.233 e. The largest absolute Gasteiger partial charge is 0.355 e. The van der Waals surface area contributed by atoms with Crippen LogP contribution < -0.4 is 10.6 Å². The van der Waals surface area contributed by atoms with Crippen LogP contribution in [0.15, 0.2) is 12.4 Å². The van der Waals surface area contributed by atoms with Crippen LogP contribution in [0.1, 0.15) is 31.5 Å². The second kappa shape index (κ2) is 10.9. The minimum atomic E-state index is 0. The van der Waals surface area contributed by atoms with Crippen molar-refractivity contribution >= 4 is 30.7 Å². The Hall–Kier alpha value is -0.780. The number of nitrogens with zero attached hydrogens (tertiary/aromatic N) is 2. The fourth-order valence-electron chi connectivity index (χ4n) is 2.05. The van der Waals surface area contributed by atoms with Crippen LogP contribution >= 0.6 is 24.8 Å². The third-order valence-corrected chi connectivity index (χ3v) is 3.49. The summed E-state index contributed by atoms with van der Waals surface area (Å²) in [6.07, 6.45) is 8.53. The Labute approximate surface area is 139 Å². The first-order chi connectivity index (χ1) is 9.25. The Morgan fingerprint density at radius 3 is 2.76 bits per heavy atom. The Morgan fingerprint density at radius 1 is 1.38 bits per heavy atom. The summed E-state index contributed by atoms with van der Waals surface area (Å²) in [5, 5.41) is 6.14. The minimum absolute atomic E-state index is 0. The van der Waals surface area contributed by atoms with Crippen molar-refractivity contribution in [2.24, 2.45) is 5.92 Å². The number of hydrogen-bond acceptors (Lipinski definition) is 3. The van der Waals surface area contributed by atoms with Crippen molar-refractivity contribution in [3.05, 3.63) is 18.2 Å². The Bertz CT molecular complexity index is 407. The third kappa shape index (κ3) is 8.29. The topological polar surface area (TPSA) is 59.0 Å². The van der Waals surface area contributed by atoms with E-state index in [9.17, 15) is 4.79 Å². The first kappa shape index (κ1) is 20.2. The SMILES string of the molecule is Cc1nccn1CCCCNC(=O)CNCC1CC1.Cl.Cl. The molecule has 0 saturated heterocycles. The van der Waals surface area contributed by atoms with Crippen LogP contribution in [-0.2, 0) is 11.3 Å². The van der Waals surface area contributed by atoms with E-state index in [1.165, 1.54) is 12.8 Å². The van der Waals surface area contributed by atoms with E-state index in [0.29, 0.717) is 6.54 Å². The van der Waals surface area contributed by atoms with Crippen molar-refractivity contribution < 1.29 is 4.79 Å². The van der Waals surface area contributed by atoms with E-state index in [4.69, 9.17) is 0 Å². The van der Waals surface area contributed by atoms with Gasteiger partial charge in [0.2, 0.25) is 5.91 Å². The molecule has 1 aliphatic rings. The number of carbonyl (C=O) groups is 1. The summed E-state index contributed by atoms with van der Waals surface area (Å²) >= 11 is 0. The fraction of sp³-hybridized carbons (Fsp3) is 0.714. The maximum atomic E-state index is 11.5. The molecule has 0 radical (unpaired) electrons. The van der Waals surface area contributed by atoms with Gasteiger partial charge in [0.25, 0.3) is 0 Å². The van der Waals surface area contributed by atoms with E-state index in [1.807, 2.05) is 19.3 Å². The molecular formula is C14H26Cl2N4O. The molecule has 7 heteroatoms. The number of aromatic nitrogens is 2. The lowest BCUT2D eigenvalue weighted by Gasteiger charge is -2.07. The van der Waals surface area contributed by atoms with E-state index < -0.39 is 0 Å². The standard InChI is InChI=1S/C14H24N4O.2ClH/c1-12-16-7-9-18(12)8-3-2-6-17-14(19)11-15-10-13-4-5-13;;/h7,9,13,15H,2-6,8,10-11H2,1H3,(H,17,19);2*1H. The summed E-state index contributed by atoms with van der Waals surface area (Å²) in [6, 6.07) is 0. The number of imidazole rings is 1. The first-order valence-electron chi connectivity index (χ1n) is 7.21. The van der Waals surface area contributed by atoms with Crippen LogP contribution in [0.5, 0.6) is 0 Å². The van der Waals surface area contributed by atoms with E-state index >= 15 is 0 Å². The van der Waals surface area contributed by atoms with Gasteiger partial charge >= 0.3 is 0 Å². The molecule has 1 aromatic rings. The van der Waals surface area contributed by atoms with E-state index in [0.717, 1.165) is 44.2 Å². The molecule has 1 saturated carbocycles. The van der Waals surface area contributed by atoms with Gasteiger partial charge in [-0.05, 0) is 45.1 Å². The number of aryl methyl sites for hydroxylation is 2. The highest BCUT2D eigenvalue weighted by atomic mass is 35.5. The van der Waals surface area contributed by atoms with Crippen molar-refractivity contribution in [2.45, 2.75) is 39.2 Å². The smallest absolute Gasteiger partial charge is 0.233 e. The van der Waals surface area contributed by atoms with Crippen LogP contribution in [0.4, 0.5) is 0 Å². The average molecular weight is 337 g/mol. The summed E-state index contributed by atoms with van der Waals surface area (Å²) in [4.78, 5) is 15.7. The van der Waals surface area contributed by atoms with Gasteiger partial charge in [0.05, 0.1) is 6.54 Å². The summed E-state index contributed by atoms with van der Waals surface area (Å²) in [5.41, 5.74) is 0. The average Bonchev–Trinajstić information content (AvgIpc) is 3.12. The number of unbranched alkanes of at least 4 members (excludes halogenated alkanes) is 1. The molecule has 1 heterocycles. The van der Waals surface area contributed by atoms with Crippen molar-refractivity contribution in [1.29, 1.82) is 0 Å². The van der Waals surface area contributed by atoms with Crippen molar-refractivity contribution in [3.63, 3.8) is 0 Å². The van der Waals surface area contributed by atoms with Gasteiger partial charge in [-0.2, -0.15) is 0 Å². The molecule has 122 valence electrons. The van der Waals surface area contributed by atoms with Gasteiger partial charge in [0, 0.05) is 25.5 Å². The summed E-state index contributed by atoms with van der Waals surface area (Å²) in [5.74, 6) is 1.99. The molecule has 1 aromatic heterocycles. The van der Waals surface area contributed by atoms with Crippen LogP contribution in [0.3, 0.4) is 0 Å². The molecule has 1 fully saturated rings. The van der Waals surface area contributed by atoms with Crippen molar-refractivity contribution in [1.82, 2.24) is 20.2 Å². The predicted molar refractivity (Wildman–Crippen MR) is 89.3 cm³/mol. The zero-order chi connectivity index (χ0) is 13.5. The monoisotopic (exact) mass is 336 g/mol. The van der Waals surface area contributed by atoms with Gasteiger partial charge in [-0.1, -0.05) is 0 Å². The van der Waals surface area contributed by atoms with Gasteiger partial charge in [-0.3, -0.25) is 4.79 Å². The number of carbonyl (C=O) groups excluding carboxylic acids is 1. The fourth-order valence-corrected chi connectivity index (χ4v) is 2.05. The molecule has 21 heavy (non-hydrogen) atoms. The second-order valence-corrected chi connectivity index (χ2v) is 5.30. The predicted octanol–water partition coefficient (Wildman–Crippen LogP) is 1.93. The van der Waals surface area contributed by atoms with Gasteiger partial charge in [-0.15, -0.1) is 24.8 Å². The number of rotatable bonds is 9. The number of hydrogen-bond donors (Lipinski definition) is 2. The van der Waals surface area contributed by atoms with Gasteiger partial charge < -0.3 is 15.2 Å². The third-order valence-electron chi connectivity index (χ3n) is 3.49. The van der Waals surface area contributed by atoms with Crippen LogP contribution in [0.2, 0.25) is 0 Å². The van der Waals surface area contributed by atoms with E-state index in [2.05, 4.69) is 20.2 Å². The highest BCUT2D eigenvalue weighted by Gasteiger charge is 2.20. The maximum absolute atomic E-state index is 11.5. The quantitative estimate of drug-likeness (QED) is 0.677. The molecule has 2 rings (SSSR count). The molecule has 0 unspecified atom stereocenters. The highest BCUT2D eigenvalue weighted by Crippen LogP contribution is 2.27. The first-order valence-corrected chi connectivity index (χ1v) is 7.21. The molecule has 0 aliphatic heterocycles. The van der Waals surface area contributed by atoms with E-state index in [1.54, 1.807) is 0 Å². The van der Waals surface area contributed by atoms with Crippen molar-refractivity contribution in [2.75, 3.05) is 19.6 Å². The Balaban J connectivity index is 0.00000200. The normalized spacial score (nSPS) is 13.2. The lowest BCUT2D eigenvalue weighted by molar-refractivity contribution is -0.120. The number of amides is 1. The number of halogens is 2. The summed E-state index contributed by atoms with van der Waals surface area (Å²) in [6.45, 7) is 5.19. The number of nitrogens with one attached hydrogen (secondary N) is 2. The minimum Gasteiger partial charge on any atom is -0.355 e. The molecule has 0 aromatic carbocycles. The van der Waals surface area contributed by atoms with Crippen LogP contribution in [0, 0.1) is 12.8 Å². The summed E-state index contributed by atoms with van der Waals surface area (Å²) < 4.78 is 2.14. The van der Waals surface area contributed by atoms with Gasteiger partial charge in [0.15, 0.2) is 0 Å². The van der Waals surface area contributed by atoms with E-state index in [-0.39, 0.29) is 30.7 Å². The Kier molecular flexibility index (Phi) is 10.5. The molecule has 2 N–H and O–H groups in total. The molecule has 0 atom stereocenters. The second-order valence-electron chi connectivity index (χ2n) is 5.30. The molecule has 5 nitrogen and oxygen atoms in total. The van der Waals surface area contributed by atoms with Crippen LogP contribution in [-0.4, -0.2) is 35.1 Å². The molecule has 1 aliphatic carbocycles. The zero-order valence-corrected chi connectivity index (χ0v) is 14.1. The zero-order valence-electron chi connectivity index (χ0n) is 12.5. The summed E-state index contributed by atoms with van der Waals surface area (Å²) in [7, 11) is 0. The molecule has 1 amide bonds. The lowest BCUT2D eigenvalue weighted by atomic mass is 10.3. The van der Waals surface area contributed by atoms with Crippen LogP contribution in [0.25, 0.3) is 0 Å². The molecular weight excluding hydrogens is 311 g/mol. The molecule has 0 bridgehead atoms. The Morgan fingerprint density at radius 2 is 2.14 bits per heavy atom.